The maximum Gasteiger partial charge on any atom is 0.159 e. The van der Waals surface area contributed by atoms with Gasteiger partial charge in [0.1, 0.15) is 16.4 Å². The Morgan fingerprint density at radius 2 is 2.08 bits per heavy atom. The second-order valence-electron chi connectivity index (χ2n) is 1.84. The van der Waals surface area contributed by atoms with E-state index in [1.165, 1.54) is 18.2 Å². The molecule has 0 heterocycles. The van der Waals surface area contributed by atoms with E-state index in [0.29, 0.717) is 0 Å². The number of hydrogen-bond donors (Lipinski definition) is 0. The van der Waals surface area contributed by atoms with Gasteiger partial charge in [0.05, 0.1) is 5.02 Å². The molecule has 0 aliphatic heterocycles. The lowest BCUT2D eigenvalue weighted by Gasteiger charge is -2.08. The first kappa shape index (κ1) is 9.80. The maximum absolute atomic E-state index is 10.1. The molecule has 0 saturated carbocycles. The Kier molecular flexibility index (Phi) is 3.34. The average Bonchev–Trinajstić information content (AvgIpc) is 1.98. The van der Waals surface area contributed by atoms with E-state index in [1.54, 1.807) is 0 Å². The third-order valence-electron chi connectivity index (χ3n) is 1.07. The Bertz CT molecular complexity index is 316. The van der Waals surface area contributed by atoms with Crippen molar-refractivity contribution >= 4 is 34.6 Å². The summed E-state index contributed by atoms with van der Waals surface area (Å²) in [6.07, 6.45) is 0. The maximum atomic E-state index is 10.1. The summed E-state index contributed by atoms with van der Waals surface area (Å²) in [5.74, 6) is 0.0255. The summed E-state index contributed by atoms with van der Waals surface area (Å²) >= 11 is 8.56. The van der Waals surface area contributed by atoms with Crippen molar-refractivity contribution in [2.45, 2.75) is 0 Å². The van der Waals surface area contributed by atoms with Crippen molar-refractivity contribution in [3.05, 3.63) is 28.2 Å². The van der Waals surface area contributed by atoms with Crippen LogP contribution in [0.1, 0.15) is 0 Å². The van der Waals surface area contributed by atoms with Crippen molar-refractivity contribution in [1.82, 2.24) is 0 Å². The summed E-state index contributed by atoms with van der Waals surface area (Å²) in [6.45, 7) is 0. The van der Waals surface area contributed by atoms with Gasteiger partial charge in [-0.05, 0) is 12.1 Å². The molecule has 6 heteroatoms. The van der Waals surface area contributed by atoms with Crippen molar-refractivity contribution in [3.8, 4) is 5.75 Å². The van der Waals surface area contributed by atoms with E-state index >= 15 is 0 Å². The Hall–Kier alpha value is -0.290. The van der Waals surface area contributed by atoms with Gasteiger partial charge in [0, 0.05) is 0 Å². The van der Waals surface area contributed by atoms with Gasteiger partial charge >= 0.3 is 0 Å². The Morgan fingerprint density at radius 3 is 2.67 bits per heavy atom. The van der Waals surface area contributed by atoms with Crippen molar-refractivity contribution < 1.29 is 12.9 Å². The molecule has 0 spiro atoms. The highest BCUT2D eigenvalue weighted by atomic mass is 35.5. The SMILES string of the molecule is O=S([O-])Oc1cccc(Cl)c1Cl. The molecular weight excluding hydrogens is 223 g/mol. The summed E-state index contributed by atoms with van der Waals surface area (Å²) in [4.78, 5) is 0. The van der Waals surface area contributed by atoms with Crippen LogP contribution >= 0.6 is 23.2 Å². The van der Waals surface area contributed by atoms with Crippen LogP contribution < -0.4 is 4.18 Å². The average molecular weight is 226 g/mol. The molecule has 12 heavy (non-hydrogen) atoms. The Labute approximate surface area is 81.7 Å². The lowest BCUT2D eigenvalue weighted by atomic mass is 10.3. The molecule has 0 bridgehead atoms. The normalized spacial score (nSPS) is 12.6. The first-order valence-electron chi connectivity index (χ1n) is 2.83. The summed E-state index contributed by atoms with van der Waals surface area (Å²) in [6, 6.07) is 4.48. The number of halogens is 2. The highest BCUT2D eigenvalue weighted by Crippen LogP contribution is 2.31. The van der Waals surface area contributed by atoms with E-state index in [4.69, 9.17) is 23.2 Å². The van der Waals surface area contributed by atoms with Gasteiger partial charge in [0.2, 0.25) is 0 Å². The minimum absolute atomic E-state index is 0.0255. The molecule has 0 fully saturated rings. The Balaban J connectivity index is 3.00. The molecule has 0 aliphatic rings. The first-order valence-corrected chi connectivity index (χ1v) is 4.58. The number of rotatable bonds is 2. The van der Waals surface area contributed by atoms with Gasteiger partial charge in [0.25, 0.3) is 0 Å². The van der Waals surface area contributed by atoms with E-state index in [1.807, 2.05) is 0 Å². The number of benzene rings is 1. The first-order chi connectivity index (χ1) is 5.61. The van der Waals surface area contributed by atoms with Crippen LogP contribution in [0.2, 0.25) is 10.0 Å². The summed E-state index contributed by atoms with van der Waals surface area (Å²) in [5.41, 5.74) is 0. The zero-order valence-corrected chi connectivity index (χ0v) is 7.95. The standard InChI is InChI=1S/C6H4Cl2O3S/c7-4-2-1-3-5(6(4)8)11-12(9)10/h1-3H,(H,9,10)/p-1. The molecule has 0 saturated heterocycles. The minimum Gasteiger partial charge on any atom is -0.740 e. The topological polar surface area (TPSA) is 49.4 Å². The van der Waals surface area contributed by atoms with Crippen LogP contribution in [-0.4, -0.2) is 8.76 Å². The third kappa shape index (κ3) is 2.35. The van der Waals surface area contributed by atoms with E-state index in [9.17, 15) is 8.76 Å². The molecule has 66 valence electrons. The smallest absolute Gasteiger partial charge is 0.159 e. The predicted octanol–water partition coefficient (Wildman–Crippen LogP) is 2.17. The van der Waals surface area contributed by atoms with Gasteiger partial charge in [-0.25, -0.2) is 4.21 Å². The molecule has 1 aromatic carbocycles. The van der Waals surface area contributed by atoms with Crippen LogP contribution in [0.4, 0.5) is 0 Å². The molecule has 0 radical (unpaired) electrons. The van der Waals surface area contributed by atoms with Gasteiger partial charge in [-0.15, -0.1) is 0 Å². The summed E-state index contributed by atoms with van der Waals surface area (Å²) in [5, 5.41) is 0.336. The molecule has 1 aromatic rings. The van der Waals surface area contributed by atoms with Crippen molar-refractivity contribution in [1.29, 1.82) is 0 Å². The molecule has 1 rings (SSSR count). The fourth-order valence-electron chi connectivity index (χ4n) is 0.622. The molecule has 1 unspecified atom stereocenters. The molecular formula is C6H3Cl2O3S-. The summed E-state index contributed by atoms with van der Waals surface area (Å²) in [7, 11) is 0. The molecule has 0 aromatic heterocycles. The van der Waals surface area contributed by atoms with Crippen LogP contribution in [0.15, 0.2) is 18.2 Å². The van der Waals surface area contributed by atoms with Gasteiger partial charge in [-0.3, -0.25) is 0 Å². The third-order valence-corrected chi connectivity index (χ3v) is 2.19. The quantitative estimate of drug-likeness (QED) is 0.726. The molecule has 1 atom stereocenters. The van der Waals surface area contributed by atoms with E-state index < -0.39 is 11.4 Å². The second-order valence-corrected chi connectivity index (χ2v) is 3.20. The van der Waals surface area contributed by atoms with Crippen LogP contribution in [0.3, 0.4) is 0 Å². The molecule has 0 N–H and O–H groups in total. The van der Waals surface area contributed by atoms with Gasteiger partial charge in [-0.2, -0.15) is 0 Å². The highest BCUT2D eigenvalue weighted by Gasteiger charge is 2.04. The van der Waals surface area contributed by atoms with Crippen molar-refractivity contribution in [2.24, 2.45) is 0 Å². The number of hydrogen-bond acceptors (Lipinski definition) is 3. The minimum atomic E-state index is -2.63. The van der Waals surface area contributed by atoms with Gasteiger partial charge in [0.15, 0.2) is 5.75 Å². The zero-order valence-electron chi connectivity index (χ0n) is 5.62. The van der Waals surface area contributed by atoms with Crippen LogP contribution in [0.5, 0.6) is 5.75 Å². The van der Waals surface area contributed by atoms with Crippen molar-refractivity contribution in [2.75, 3.05) is 0 Å². The van der Waals surface area contributed by atoms with Crippen LogP contribution in [-0.2, 0) is 11.4 Å². The lowest BCUT2D eigenvalue weighted by molar-refractivity contribution is 0.440. The van der Waals surface area contributed by atoms with E-state index in [-0.39, 0.29) is 15.8 Å². The Morgan fingerprint density at radius 1 is 1.42 bits per heavy atom. The van der Waals surface area contributed by atoms with Crippen LogP contribution in [0.25, 0.3) is 0 Å². The monoisotopic (exact) mass is 225 g/mol. The van der Waals surface area contributed by atoms with E-state index in [0.717, 1.165) is 0 Å². The fraction of sp³-hybridized carbons (Fsp3) is 0. The molecule has 0 amide bonds. The lowest BCUT2D eigenvalue weighted by Crippen LogP contribution is -1.98. The van der Waals surface area contributed by atoms with E-state index in [2.05, 4.69) is 4.18 Å². The van der Waals surface area contributed by atoms with Crippen molar-refractivity contribution in [3.63, 3.8) is 0 Å². The van der Waals surface area contributed by atoms with Gasteiger partial charge in [-0.1, -0.05) is 29.3 Å². The zero-order chi connectivity index (χ0) is 9.14. The molecule has 0 aliphatic carbocycles. The summed E-state index contributed by atoms with van der Waals surface area (Å²) < 4.78 is 24.5. The molecule has 3 nitrogen and oxygen atoms in total. The predicted molar refractivity (Wildman–Crippen MR) is 46.0 cm³/mol. The fourth-order valence-corrected chi connectivity index (χ4v) is 1.28. The second kappa shape index (κ2) is 4.09. The highest BCUT2D eigenvalue weighted by molar-refractivity contribution is 7.74. The van der Waals surface area contributed by atoms with Crippen LogP contribution in [0, 0.1) is 0 Å². The largest absolute Gasteiger partial charge is 0.740 e. The van der Waals surface area contributed by atoms with Gasteiger partial charge < -0.3 is 8.74 Å².